The molecule has 2 N–H and O–H groups in total. The summed E-state index contributed by atoms with van der Waals surface area (Å²) in [5.41, 5.74) is 0.576. The van der Waals surface area contributed by atoms with E-state index in [1.54, 1.807) is 25.4 Å². The van der Waals surface area contributed by atoms with E-state index in [1.165, 1.54) is 0 Å². The molecule has 118 valence electrons. The average molecular weight is 294 g/mol. The topological polar surface area (TPSA) is 66.5 Å². The van der Waals surface area contributed by atoms with Crippen LogP contribution in [-0.2, 0) is 4.74 Å². The fourth-order valence-electron chi connectivity index (χ4n) is 2.02. The van der Waals surface area contributed by atoms with E-state index in [1.807, 2.05) is 13.8 Å². The molecule has 0 spiro atoms. The van der Waals surface area contributed by atoms with Crippen molar-refractivity contribution in [1.29, 1.82) is 0 Å². The lowest BCUT2D eigenvalue weighted by molar-refractivity contribution is 0.0398. The number of nitrogens with zero attached hydrogens (tertiary/aromatic N) is 2. The van der Waals surface area contributed by atoms with Crippen molar-refractivity contribution in [3.63, 3.8) is 0 Å². The van der Waals surface area contributed by atoms with Gasteiger partial charge in [-0.25, -0.2) is 4.98 Å². The summed E-state index contributed by atoms with van der Waals surface area (Å²) < 4.78 is 5.30. The fraction of sp³-hybridized carbons (Fsp3) is 0.600. The number of hydrogen-bond acceptors (Lipinski definition) is 5. The second kappa shape index (κ2) is 10.1. The molecule has 0 bridgehead atoms. The minimum absolute atomic E-state index is 0.123. The quantitative estimate of drug-likeness (QED) is 0.854. The van der Waals surface area contributed by atoms with Crippen LogP contribution in [0, 0.1) is 0 Å². The van der Waals surface area contributed by atoms with Crippen molar-refractivity contribution in [3.8, 4) is 0 Å². The van der Waals surface area contributed by atoms with Gasteiger partial charge in [-0.1, -0.05) is 13.8 Å². The van der Waals surface area contributed by atoms with Gasteiger partial charge >= 0.3 is 0 Å². The molecular formula is C15H26N4O2. The lowest BCUT2D eigenvalue weighted by Gasteiger charge is -2.26. The van der Waals surface area contributed by atoms with Crippen LogP contribution in [0.1, 0.15) is 24.2 Å². The molecule has 1 aliphatic rings. The molecule has 1 aliphatic heterocycles. The molecule has 1 aromatic rings. The van der Waals surface area contributed by atoms with Crippen LogP contribution in [0.4, 0.5) is 5.82 Å². The van der Waals surface area contributed by atoms with Gasteiger partial charge in [0.25, 0.3) is 5.91 Å². The maximum atomic E-state index is 11.7. The Morgan fingerprint density at radius 3 is 2.76 bits per heavy atom. The molecule has 0 aromatic carbocycles. The predicted octanol–water partition coefficient (Wildman–Crippen LogP) is 1.21. The Labute approximate surface area is 126 Å². The van der Waals surface area contributed by atoms with Gasteiger partial charge in [-0.3, -0.25) is 9.69 Å². The first-order valence-corrected chi connectivity index (χ1v) is 7.52. The van der Waals surface area contributed by atoms with Gasteiger partial charge in [0.2, 0.25) is 0 Å². The van der Waals surface area contributed by atoms with Crippen LogP contribution in [0.15, 0.2) is 18.3 Å². The van der Waals surface area contributed by atoms with Gasteiger partial charge in [-0.15, -0.1) is 0 Å². The number of aromatic nitrogens is 1. The van der Waals surface area contributed by atoms with Crippen molar-refractivity contribution in [2.75, 3.05) is 51.8 Å². The summed E-state index contributed by atoms with van der Waals surface area (Å²) in [6.45, 7) is 9.21. The number of pyridine rings is 1. The van der Waals surface area contributed by atoms with Crippen LogP contribution in [0.5, 0.6) is 0 Å². The highest BCUT2D eigenvalue weighted by Gasteiger charge is 2.12. The number of rotatable bonds is 5. The number of carbonyl (C=O) groups is 1. The number of amides is 1. The van der Waals surface area contributed by atoms with E-state index in [-0.39, 0.29) is 5.91 Å². The first-order chi connectivity index (χ1) is 10.3. The fourth-order valence-corrected chi connectivity index (χ4v) is 2.02. The average Bonchev–Trinajstić information content (AvgIpc) is 2.57. The Morgan fingerprint density at radius 2 is 2.10 bits per heavy atom. The molecule has 21 heavy (non-hydrogen) atoms. The smallest absolute Gasteiger partial charge is 0.254 e. The van der Waals surface area contributed by atoms with Crippen molar-refractivity contribution < 1.29 is 9.53 Å². The summed E-state index contributed by atoms with van der Waals surface area (Å²) in [4.78, 5) is 18.2. The van der Waals surface area contributed by atoms with E-state index in [9.17, 15) is 4.79 Å². The van der Waals surface area contributed by atoms with Gasteiger partial charge in [0.1, 0.15) is 5.82 Å². The Balaban J connectivity index is 0.00000106. The Morgan fingerprint density at radius 1 is 1.38 bits per heavy atom. The molecule has 1 aromatic heterocycles. The van der Waals surface area contributed by atoms with Crippen molar-refractivity contribution >= 4 is 11.7 Å². The predicted molar refractivity (Wildman–Crippen MR) is 84.7 cm³/mol. The number of anilines is 1. The molecule has 6 heteroatoms. The second-order valence-electron chi connectivity index (χ2n) is 4.36. The molecule has 0 radical (unpaired) electrons. The van der Waals surface area contributed by atoms with E-state index in [0.717, 1.165) is 39.4 Å². The number of morpholine rings is 1. The third-order valence-electron chi connectivity index (χ3n) is 3.10. The molecule has 1 fully saturated rings. The van der Waals surface area contributed by atoms with Crippen LogP contribution in [0.3, 0.4) is 0 Å². The summed E-state index contributed by atoms with van der Waals surface area (Å²) in [6, 6.07) is 3.53. The summed E-state index contributed by atoms with van der Waals surface area (Å²) in [6.07, 6.45) is 1.68. The molecule has 1 amide bonds. The van der Waals surface area contributed by atoms with Gasteiger partial charge in [0.05, 0.1) is 18.8 Å². The van der Waals surface area contributed by atoms with E-state index in [2.05, 4.69) is 20.5 Å². The van der Waals surface area contributed by atoms with Crippen LogP contribution in [0.2, 0.25) is 0 Å². The molecule has 0 saturated carbocycles. The zero-order valence-electron chi connectivity index (χ0n) is 13.2. The van der Waals surface area contributed by atoms with Gasteiger partial charge in [-0.05, 0) is 12.1 Å². The number of ether oxygens (including phenoxy) is 1. The van der Waals surface area contributed by atoms with Crippen molar-refractivity contribution in [2.24, 2.45) is 0 Å². The largest absolute Gasteiger partial charge is 0.379 e. The van der Waals surface area contributed by atoms with Gasteiger partial charge < -0.3 is 15.4 Å². The van der Waals surface area contributed by atoms with Crippen molar-refractivity contribution in [1.82, 2.24) is 15.2 Å². The third kappa shape index (κ3) is 5.69. The number of carbonyl (C=O) groups excluding carboxylic acids is 1. The minimum atomic E-state index is -0.123. The zero-order valence-corrected chi connectivity index (χ0v) is 13.2. The van der Waals surface area contributed by atoms with Crippen LogP contribution in [-0.4, -0.2) is 62.2 Å². The zero-order chi connectivity index (χ0) is 15.5. The molecule has 2 heterocycles. The van der Waals surface area contributed by atoms with Gasteiger partial charge in [0, 0.05) is 39.4 Å². The normalized spacial score (nSPS) is 14.8. The standard InChI is InChI=1S/C13H20N4O2.C2H6/c1-14-13(18)11-3-2-4-15-12(11)16-5-6-17-7-9-19-10-8-17;1-2/h2-4H,5-10H2,1H3,(H,14,18)(H,15,16);1-2H3. The highest BCUT2D eigenvalue weighted by Crippen LogP contribution is 2.10. The SMILES string of the molecule is CC.CNC(=O)c1cccnc1NCCN1CCOCC1. The summed E-state index contributed by atoms with van der Waals surface area (Å²) in [7, 11) is 1.62. The molecule has 0 unspecified atom stereocenters. The maximum Gasteiger partial charge on any atom is 0.254 e. The minimum Gasteiger partial charge on any atom is -0.379 e. The second-order valence-corrected chi connectivity index (χ2v) is 4.36. The van der Waals surface area contributed by atoms with Crippen molar-refractivity contribution in [2.45, 2.75) is 13.8 Å². The maximum absolute atomic E-state index is 11.7. The first kappa shape index (κ1) is 17.4. The van der Waals surface area contributed by atoms with Crippen LogP contribution >= 0.6 is 0 Å². The molecule has 0 atom stereocenters. The van der Waals surface area contributed by atoms with Gasteiger partial charge in [-0.2, -0.15) is 0 Å². The molecule has 6 nitrogen and oxygen atoms in total. The number of hydrogen-bond donors (Lipinski definition) is 2. The first-order valence-electron chi connectivity index (χ1n) is 7.52. The van der Waals surface area contributed by atoms with Crippen LogP contribution in [0.25, 0.3) is 0 Å². The van der Waals surface area contributed by atoms with E-state index < -0.39 is 0 Å². The molecule has 1 saturated heterocycles. The highest BCUT2D eigenvalue weighted by atomic mass is 16.5. The summed E-state index contributed by atoms with van der Waals surface area (Å²) >= 11 is 0. The van der Waals surface area contributed by atoms with E-state index in [4.69, 9.17) is 4.74 Å². The summed E-state index contributed by atoms with van der Waals surface area (Å²) in [5.74, 6) is 0.511. The van der Waals surface area contributed by atoms with Crippen LogP contribution < -0.4 is 10.6 Å². The van der Waals surface area contributed by atoms with Gasteiger partial charge in [0.15, 0.2) is 0 Å². The number of nitrogens with one attached hydrogen (secondary N) is 2. The lowest BCUT2D eigenvalue weighted by Crippen LogP contribution is -2.39. The van der Waals surface area contributed by atoms with Crippen molar-refractivity contribution in [3.05, 3.63) is 23.9 Å². The monoisotopic (exact) mass is 294 g/mol. The Hall–Kier alpha value is -1.66. The molecule has 2 rings (SSSR count). The highest BCUT2D eigenvalue weighted by molar-refractivity contribution is 5.98. The molecular weight excluding hydrogens is 268 g/mol. The molecule has 0 aliphatic carbocycles. The van der Waals surface area contributed by atoms with E-state index in [0.29, 0.717) is 11.4 Å². The lowest BCUT2D eigenvalue weighted by atomic mass is 10.2. The summed E-state index contributed by atoms with van der Waals surface area (Å²) in [5, 5.41) is 5.84. The Bertz CT molecular complexity index is 420. The third-order valence-corrected chi connectivity index (χ3v) is 3.10. The Kier molecular flexibility index (Phi) is 8.38. The van der Waals surface area contributed by atoms with E-state index >= 15 is 0 Å².